The van der Waals surface area contributed by atoms with Crippen molar-refractivity contribution in [3.8, 4) is 27.9 Å². The molecular formula is C56H36N2O. The second-order valence-electron chi connectivity index (χ2n) is 12.5. The van der Waals surface area contributed by atoms with Crippen LogP contribution in [0, 0.1) is 0 Å². The van der Waals surface area contributed by atoms with Crippen LogP contribution in [-0.4, -0.2) is 4.57 Å². The lowest BCUT2D eigenvalue weighted by molar-refractivity contribution is 0.670. The van der Waals surface area contributed by atoms with Gasteiger partial charge in [0.15, 0.2) is 0 Å². The molecule has 0 saturated heterocycles. The quantitative estimate of drug-likeness (QED) is 0.157. The molecule has 0 aliphatic rings. The topological polar surface area (TPSA) is 21.3 Å². The van der Waals surface area contributed by atoms with Gasteiger partial charge in [-0.15, -0.1) is 0 Å². The van der Waals surface area contributed by atoms with Crippen LogP contribution in [-0.2, 0) is 0 Å². The predicted molar refractivity (Wildman–Crippen MR) is 249 cm³/mol. The highest BCUT2D eigenvalue weighted by atomic mass is 16.3. The maximum atomic E-state index is 10.6. The molecule has 10 aromatic carbocycles. The van der Waals surface area contributed by atoms with Crippen LogP contribution in [0.1, 0.15) is 49.3 Å². The monoisotopic (exact) mass is 789 g/mol. The molecule has 12 rings (SSSR count). The third kappa shape index (κ3) is 5.29. The second kappa shape index (κ2) is 13.4. The molecule has 3 heteroatoms. The number of aromatic nitrogens is 1. The lowest BCUT2D eigenvalue weighted by Gasteiger charge is -2.27. The Morgan fingerprint density at radius 1 is 0.373 bits per heavy atom. The Labute approximate surface area is 391 Å². The van der Waals surface area contributed by atoms with Gasteiger partial charge in [0, 0.05) is 49.7 Å². The van der Waals surface area contributed by atoms with E-state index < -0.39 is 328 Å². The Morgan fingerprint density at radius 3 is 1.71 bits per heavy atom. The molecule has 0 bridgehead atoms. The highest BCUT2D eigenvalue weighted by Crippen LogP contribution is 2.46. The van der Waals surface area contributed by atoms with Crippen molar-refractivity contribution in [3.63, 3.8) is 0 Å². The smallest absolute Gasteiger partial charge is 0.143 e. The van der Waals surface area contributed by atoms with Crippen molar-refractivity contribution in [1.82, 2.24) is 4.57 Å². The molecule has 0 unspecified atom stereocenters. The van der Waals surface area contributed by atoms with Crippen LogP contribution >= 0.6 is 0 Å². The predicted octanol–water partition coefficient (Wildman–Crippen LogP) is 15.8. The molecule has 3 nitrogen and oxygen atoms in total. The molecule has 0 spiro atoms. The van der Waals surface area contributed by atoms with Gasteiger partial charge in [0.2, 0.25) is 0 Å². The van der Waals surface area contributed by atoms with Gasteiger partial charge in [0.25, 0.3) is 0 Å². The maximum absolute atomic E-state index is 10.6. The number of nitrogens with zero attached hydrogens (tertiary/aromatic N) is 2. The largest absolute Gasteiger partial charge is 0.455 e. The summed E-state index contributed by atoms with van der Waals surface area (Å²) in [6.07, 6.45) is 0. The van der Waals surface area contributed by atoms with Crippen LogP contribution in [0.15, 0.2) is 222 Å². The summed E-state index contributed by atoms with van der Waals surface area (Å²) in [4.78, 5) is 0.268. The van der Waals surface area contributed by atoms with Gasteiger partial charge in [-0.05, 0) is 99.1 Å². The van der Waals surface area contributed by atoms with E-state index in [0.717, 1.165) is 0 Å². The average Bonchev–Trinajstić information content (AvgIpc) is 1.69. The molecule has 0 N–H and O–H groups in total. The molecule has 0 amide bonds. The first-order valence-electron chi connectivity index (χ1n) is 35.2. The first kappa shape index (κ1) is 13.3. The van der Waals surface area contributed by atoms with E-state index in [-0.39, 0.29) is 4.90 Å². The van der Waals surface area contributed by atoms with Crippen LogP contribution in [0.5, 0.6) is 0 Å². The SMILES string of the molecule is [2H]c1c([2H])c([2H])c(N(c2c([2H])c([2H])c(-c3c([2H])c4c([2H])c([2H])c([2H])c([2H])c4c4c([2H])c([2H])c([2H])c([2H])c34)c([2H])c2[2H])c2c([2H])c(-c3c([2H])c([2H])c([2H])c([2H])c3-n3c4c([2H])c([2H])c([2H])c([2H])c4c4c([2H])c([2H])c([2H])c([2H])c43)c3oc4c([2H])c([2H])c([2H])c([2H])c4c3c2[2H])c([2H])c1[2H]. The normalized spacial score (nSPS) is 20.3. The summed E-state index contributed by atoms with van der Waals surface area (Å²) in [7, 11) is 0. The number of hydrogen-bond acceptors (Lipinski definition) is 2. The fraction of sp³-hybridized carbons (Fsp3) is 0. The first-order chi connectivity index (χ1) is 44.3. The number of para-hydroxylation sites is 5. The van der Waals surface area contributed by atoms with Gasteiger partial charge in [0.05, 0.1) is 66.1 Å². The van der Waals surface area contributed by atoms with Crippen molar-refractivity contribution in [2.45, 2.75) is 0 Å². The summed E-state index contributed by atoms with van der Waals surface area (Å²) in [5, 5.41) is -5.71. The lowest BCUT2D eigenvalue weighted by Crippen LogP contribution is -2.10. The highest BCUT2D eigenvalue weighted by Gasteiger charge is 2.23. The second-order valence-corrected chi connectivity index (χ2v) is 12.5. The Hall–Kier alpha value is -7.88. The first-order valence-corrected chi connectivity index (χ1v) is 17.2. The van der Waals surface area contributed by atoms with Gasteiger partial charge in [0.1, 0.15) is 11.2 Å². The lowest BCUT2D eigenvalue weighted by atomic mass is 9.93. The fourth-order valence-electron chi connectivity index (χ4n) is 6.92. The molecule has 276 valence electrons. The highest BCUT2D eigenvalue weighted by molar-refractivity contribution is 6.15. The van der Waals surface area contributed by atoms with E-state index in [2.05, 4.69) is 0 Å². The van der Waals surface area contributed by atoms with E-state index in [1.165, 1.54) is 0 Å². The molecule has 0 aliphatic heterocycles. The van der Waals surface area contributed by atoms with Crippen molar-refractivity contribution in [2.24, 2.45) is 0 Å². The molecule has 0 saturated carbocycles. The molecule has 2 aromatic heterocycles. The van der Waals surface area contributed by atoms with E-state index in [1.54, 1.807) is 0 Å². The Bertz CT molecular complexity index is 5560. The van der Waals surface area contributed by atoms with Crippen molar-refractivity contribution < 1.29 is 53.8 Å². The summed E-state index contributed by atoms with van der Waals surface area (Å²) < 4.78 is 338. The zero-order chi connectivity index (χ0) is 70.2. The molecule has 0 radical (unpaired) electrons. The van der Waals surface area contributed by atoms with Gasteiger partial charge in [-0.2, -0.15) is 0 Å². The summed E-state index contributed by atoms with van der Waals surface area (Å²) in [6.45, 7) is 0. The summed E-state index contributed by atoms with van der Waals surface area (Å²) in [5.41, 5.74) is -12.3. The molecule has 0 atom stereocenters. The van der Waals surface area contributed by atoms with Crippen molar-refractivity contribution in [2.75, 3.05) is 4.90 Å². The summed E-state index contributed by atoms with van der Waals surface area (Å²) >= 11 is 0. The van der Waals surface area contributed by atoms with Gasteiger partial charge in [-0.25, -0.2) is 0 Å². The summed E-state index contributed by atoms with van der Waals surface area (Å²) in [5.74, 6) is 0. The number of fused-ring (bicyclic) bond motifs is 9. The van der Waals surface area contributed by atoms with Crippen molar-refractivity contribution in [3.05, 3.63) is 218 Å². The maximum Gasteiger partial charge on any atom is 0.143 e. The van der Waals surface area contributed by atoms with E-state index in [4.69, 9.17) is 31.8 Å². The number of benzene rings is 10. The molecular weight excluding hydrogens is 717 g/mol. The number of hydrogen-bond donors (Lipinski definition) is 0. The van der Waals surface area contributed by atoms with Crippen LogP contribution in [0.3, 0.4) is 0 Å². The van der Waals surface area contributed by atoms with E-state index in [0.29, 0.717) is 4.57 Å². The minimum Gasteiger partial charge on any atom is -0.455 e. The van der Waals surface area contributed by atoms with Crippen LogP contribution < -0.4 is 4.90 Å². The van der Waals surface area contributed by atoms with Gasteiger partial charge < -0.3 is 13.9 Å². The summed E-state index contributed by atoms with van der Waals surface area (Å²) in [6, 6.07) is -39.5. The molecule has 59 heavy (non-hydrogen) atoms. The number of anilines is 3. The van der Waals surface area contributed by atoms with Gasteiger partial charge >= 0.3 is 0 Å². The van der Waals surface area contributed by atoms with Gasteiger partial charge in [-0.3, -0.25) is 0 Å². The van der Waals surface area contributed by atoms with E-state index in [9.17, 15) is 21.9 Å². The Balaban J connectivity index is 1.35. The third-order valence-corrected chi connectivity index (χ3v) is 9.37. The molecule has 0 aliphatic carbocycles. The average molecular weight is 789 g/mol. The van der Waals surface area contributed by atoms with E-state index in [1.807, 2.05) is 0 Å². The Morgan fingerprint density at radius 2 is 0.949 bits per heavy atom. The molecule has 12 aromatic rings. The van der Waals surface area contributed by atoms with Crippen molar-refractivity contribution in [1.29, 1.82) is 0 Å². The minimum atomic E-state index is -1.41. The Kier molecular flexibility index (Phi) is 3.02. The molecule has 2 heterocycles. The van der Waals surface area contributed by atoms with Crippen LogP contribution in [0.25, 0.3) is 93.2 Å². The number of rotatable bonds is 6. The van der Waals surface area contributed by atoms with Crippen LogP contribution in [0.2, 0.25) is 0 Å². The number of furan rings is 1. The molecule has 0 fully saturated rings. The fourth-order valence-corrected chi connectivity index (χ4v) is 6.92. The van der Waals surface area contributed by atoms with Gasteiger partial charge in [-0.1, -0.05) is 151 Å². The minimum absolute atomic E-state index is 0.268. The van der Waals surface area contributed by atoms with E-state index >= 15 is 0 Å². The van der Waals surface area contributed by atoms with Crippen molar-refractivity contribution >= 4 is 82.4 Å². The zero-order valence-corrected chi connectivity index (χ0v) is 29.3. The zero-order valence-electron chi connectivity index (χ0n) is 65.3. The third-order valence-electron chi connectivity index (χ3n) is 9.37. The standard InChI is InChI=1S/C56H36N2O/c1-2-17-39(18-3-1)57(40-32-30-37(31-33-40)49-34-38-16-4-5-19-42(38)43-20-6-7-21-44(43)49)41-35-50(56-51(36-41)48-25-11-15-29-55(48)59-56)47-24-10-14-28-54(47)58-52-26-12-8-22-45(52)46-23-9-13-27-53(46)58/h1-36H/i1D,2D,3D,4D,5D,6D,7D,8D,9D,10D,11D,12D,13D,14D,15D,16D,17D,18D,19D,20D,21D,22D,23D,24D,25D,26D,27D,28D,29D,30D,31D,32D,33D,34D,35D,36D. The van der Waals surface area contributed by atoms with Crippen LogP contribution in [0.4, 0.5) is 17.1 Å².